The van der Waals surface area contributed by atoms with Crippen LogP contribution in [0, 0.1) is 0 Å². The Kier molecular flexibility index (Phi) is 5.14. The molecule has 1 amide bonds. The van der Waals surface area contributed by atoms with E-state index >= 15 is 0 Å². The molecule has 1 aliphatic rings. The van der Waals surface area contributed by atoms with Crippen LogP contribution in [0.2, 0.25) is 0 Å². The van der Waals surface area contributed by atoms with Gasteiger partial charge >= 0.3 is 0 Å². The van der Waals surface area contributed by atoms with Crippen LogP contribution in [0.4, 0.5) is 0 Å². The lowest BCUT2D eigenvalue weighted by atomic mass is 10.2. The van der Waals surface area contributed by atoms with E-state index < -0.39 is 0 Å². The number of hydrazine groups is 1. The number of hydrogen-bond acceptors (Lipinski definition) is 5. The summed E-state index contributed by atoms with van der Waals surface area (Å²) in [5.41, 5.74) is 2.59. The van der Waals surface area contributed by atoms with E-state index in [9.17, 15) is 4.79 Å². The summed E-state index contributed by atoms with van der Waals surface area (Å²) in [7, 11) is 0. The number of piperazine rings is 1. The van der Waals surface area contributed by atoms with Gasteiger partial charge in [0, 0.05) is 32.7 Å². The Morgan fingerprint density at radius 3 is 2.84 bits per heavy atom. The molecule has 0 bridgehead atoms. The van der Waals surface area contributed by atoms with Crippen molar-refractivity contribution < 1.29 is 9.53 Å². The molecule has 0 unspecified atom stereocenters. The zero-order valence-corrected chi connectivity index (χ0v) is 10.9. The van der Waals surface area contributed by atoms with Crippen LogP contribution in [0.25, 0.3) is 0 Å². The number of amides is 1. The molecule has 0 radical (unpaired) electrons. The minimum absolute atomic E-state index is 0.335. The van der Waals surface area contributed by atoms with E-state index in [0.717, 1.165) is 32.7 Å². The summed E-state index contributed by atoms with van der Waals surface area (Å²) in [6.07, 6.45) is 0. The summed E-state index contributed by atoms with van der Waals surface area (Å²) >= 11 is 0. The molecule has 4 N–H and O–H groups in total. The first-order valence-electron chi connectivity index (χ1n) is 6.47. The molecule has 6 nitrogen and oxygen atoms in total. The molecular formula is C13H20N4O2. The predicted molar refractivity (Wildman–Crippen MR) is 72.9 cm³/mol. The zero-order chi connectivity index (χ0) is 13.5. The number of carbonyl (C=O) groups excluding carboxylic acids is 1. The lowest BCUT2D eigenvalue weighted by Gasteiger charge is -2.27. The van der Waals surface area contributed by atoms with E-state index in [0.29, 0.717) is 17.9 Å². The molecule has 0 atom stereocenters. The van der Waals surface area contributed by atoms with Crippen LogP contribution in [0.1, 0.15) is 10.4 Å². The molecule has 1 saturated heterocycles. The fourth-order valence-corrected chi connectivity index (χ4v) is 2.08. The van der Waals surface area contributed by atoms with Gasteiger partial charge in [0.1, 0.15) is 12.4 Å². The molecule has 0 spiro atoms. The first-order valence-corrected chi connectivity index (χ1v) is 6.47. The molecule has 104 valence electrons. The molecular weight excluding hydrogens is 244 g/mol. The van der Waals surface area contributed by atoms with Gasteiger partial charge in [-0.1, -0.05) is 12.1 Å². The van der Waals surface area contributed by atoms with E-state index in [1.165, 1.54) is 0 Å². The maximum Gasteiger partial charge on any atom is 0.268 e. The SMILES string of the molecule is NNC(=O)c1ccccc1OCCN1CCNCC1. The molecule has 1 aromatic rings. The number of carbonyl (C=O) groups is 1. The van der Waals surface area contributed by atoms with Gasteiger partial charge in [0.2, 0.25) is 0 Å². The fourth-order valence-electron chi connectivity index (χ4n) is 2.08. The first kappa shape index (κ1) is 13.8. The van der Waals surface area contributed by atoms with Gasteiger partial charge in [-0.2, -0.15) is 0 Å². The van der Waals surface area contributed by atoms with E-state index in [1.54, 1.807) is 18.2 Å². The van der Waals surface area contributed by atoms with Gasteiger partial charge in [0.15, 0.2) is 0 Å². The number of ether oxygens (including phenoxy) is 1. The Balaban J connectivity index is 1.86. The quantitative estimate of drug-likeness (QED) is 0.382. The topological polar surface area (TPSA) is 79.6 Å². The van der Waals surface area contributed by atoms with Crippen molar-refractivity contribution in [2.45, 2.75) is 0 Å². The third kappa shape index (κ3) is 3.92. The highest BCUT2D eigenvalue weighted by atomic mass is 16.5. The van der Waals surface area contributed by atoms with Gasteiger partial charge in [-0.05, 0) is 12.1 Å². The molecule has 1 fully saturated rings. The average molecular weight is 264 g/mol. The largest absolute Gasteiger partial charge is 0.491 e. The highest BCUT2D eigenvalue weighted by molar-refractivity contribution is 5.96. The molecule has 1 heterocycles. The Bertz CT molecular complexity index is 419. The van der Waals surface area contributed by atoms with Crippen LogP contribution in [0.15, 0.2) is 24.3 Å². The number of benzene rings is 1. The van der Waals surface area contributed by atoms with Gasteiger partial charge in [0.25, 0.3) is 5.91 Å². The van der Waals surface area contributed by atoms with Crippen molar-refractivity contribution in [1.82, 2.24) is 15.6 Å². The monoisotopic (exact) mass is 264 g/mol. The minimum atomic E-state index is -0.335. The normalized spacial score (nSPS) is 16.1. The summed E-state index contributed by atoms with van der Waals surface area (Å²) in [5.74, 6) is 5.38. The Morgan fingerprint density at radius 2 is 2.11 bits per heavy atom. The summed E-state index contributed by atoms with van der Waals surface area (Å²) in [6.45, 7) is 5.54. The molecule has 19 heavy (non-hydrogen) atoms. The van der Waals surface area contributed by atoms with Gasteiger partial charge in [-0.15, -0.1) is 0 Å². The molecule has 1 aliphatic heterocycles. The first-order chi connectivity index (χ1) is 9.31. The zero-order valence-electron chi connectivity index (χ0n) is 10.9. The molecule has 0 aliphatic carbocycles. The lowest BCUT2D eigenvalue weighted by molar-refractivity contribution is 0.0948. The van der Waals surface area contributed by atoms with Gasteiger partial charge in [0.05, 0.1) is 5.56 Å². The van der Waals surface area contributed by atoms with Crippen molar-refractivity contribution >= 4 is 5.91 Å². The van der Waals surface area contributed by atoms with Crippen LogP contribution in [-0.4, -0.2) is 50.1 Å². The lowest BCUT2D eigenvalue weighted by Crippen LogP contribution is -2.44. The maximum atomic E-state index is 11.6. The maximum absolute atomic E-state index is 11.6. The van der Waals surface area contributed by atoms with Gasteiger partial charge < -0.3 is 10.1 Å². The minimum Gasteiger partial charge on any atom is -0.491 e. The number of para-hydroxylation sites is 1. The third-order valence-electron chi connectivity index (χ3n) is 3.14. The van der Waals surface area contributed by atoms with Gasteiger partial charge in [-0.3, -0.25) is 15.1 Å². The standard InChI is InChI=1S/C13H20N4O2/c14-16-13(18)11-3-1-2-4-12(11)19-10-9-17-7-5-15-6-8-17/h1-4,15H,5-10,14H2,(H,16,18). The summed E-state index contributed by atoms with van der Waals surface area (Å²) in [4.78, 5) is 13.9. The molecule has 6 heteroatoms. The van der Waals surface area contributed by atoms with E-state index in [1.807, 2.05) is 6.07 Å². The molecule has 0 aromatic heterocycles. The van der Waals surface area contributed by atoms with Crippen LogP contribution in [0.5, 0.6) is 5.75 Å². The van der Waals surface area contributed by atoms with Crippen molar-refractivity contribution in [3.05, 3.63) is 29.8 Å². The number of nitrogens with one attached hydrogen (secondary N) is 2. The van der Waals surface area contributed by atoms with E-state index in [-0.39, 0.29) is 5.91 Å². The van der Waals surface area contributed by atoms with Crippen LogP contribution >= 0.6 is 0 Å². The number of rotatable bonds is 5. The number of nitrogens with zero attached hydrogens (tertiary/aromatic N) is 1. The Labute approximate surface area is 112 Å². The van der Waals surface area contributed by atoms with Crippen molar-refractivity contribution in [3.8, 4) is 5.75 Å². The predicted octanol–water partition coefficient (Wildman–Crippen LogP) is -0.426. The molecule has 0 saturated carbocycles. The second-order valence-corrected chi connectivity index (χ2v) is 4.41. The van der Waals surface area contributed by atoms with Crippen LogP contribution < -0.4 is 21.3 Å². The highest BCUT2D eigenvalue weighted by Crippen LogP contribution is 2.17. The summed E-state index contributed by atoms with van der Waals surface area (Å²) < 4.78 is 5.68. The van der Waals surface area contributed by atoms with E-state index in [4.69, 9.17) is 10.6 Å². The highest BCUT2D eigenvalue weighted by Gasteiger charge is 2.12. The van der Waals surface area contributed by atoms with Crippen molar-refractivity contribution in [3.63, 3.8) is 0 Å². The van der Waals surface area contributed by atoms with Gasteiger partial charge in [-0.25, -0.2) is 5.84 Å². The van der Waals surface area contributed by atoms with Crippen molar-refractivity contribution in [2.24, 2.45) is 5.84 Å². The fraction of sp³-hybridized carbons (Fsp3) is 0.462. The molecule has 1 aromatic carbocycles. The number of hydrogen-bond donors (Lipinski definition) is 3. The van der Waals surface area contributed by atoms with Crippen LogP contribution in [-0.2, 0) is 0 Å². The summed E-state index contributed by atoms with van der Waals surface area (Å²) in [6, 6.07) is 7.10. The molecule has 2 rings (SSSR count). The van der Waals surface area contributed by atoms with Crippen LogP contribution in [0.3, 0.4) is 0 Å². The Morgan fingerprint density at radius 1 is 1.37 bits per heavy atom. The number of nitrogen functional groups attached to an aromatic ring is 1. The summed E-state index contributed by atoms with van der Waals surface area (Å²) in [5, 5.41) is 3.31. The van der Waals surface area contributed by atoms with E-state index in [2.05, 4.69) is 15.6 Å². The van der Waals surface area contributed by atoms with Crippen molar-refractivity contribution in [2.75, 3.05) is 39.3 Å². The average Bonchev–Trinajstić information content (AvgIpc) is 2.48. The smallest absolute Gasteiger partial charge is 0.268 e. The second-order valence-electron chi connectivity index (χ2n) is 4.41. The second kappa shape index (κ2) is 7.08. The number of nitrogens with two attached hydrogens (primary N) is 1. The Hall–Kier alpha value is -1.63. The van der Waals surface area contributed by atoms with Crippen molar-refractivity contribution in [1.29, 1.82) is 0 Å². The third-order valence-corrected chi connectivity index (χ3v) is 3.14.